The van der Waals surface area contributed by atoms with Crippen molar-refractivity contribution in [3.8, 4) is 5.69 Å². The van der Waals surface area contributed by atoms with Gasteiger partial charge in [0.05, 0.1) is 18.0 Å². The van der Waals surface area contributed by atoms with Crippen LogP contribution in [0, 0.1) is 0 Å². The van der Waals surface area contributed by atoms with Crippen molar-refractivity contribution in [3.05, 3.63) is 48.3 Å². The second-order valence-electron chi connectivity index (χ2n) is 4.23. The Morgan fingerprint density at radius 1 is 1.20 bits per heavy atom. The Labute approximate surface area is 116 Å². The van der Waals surface area contributed by atoms with Gasteiger partial charge < -0.3 is 10.1 Å². The van der Waals surface area contributed by atoms with Crippen molar-refractivity contribution in [2.75, 3.05) is 19.8 Å². The van der Waals surface area contributed by atoms with Crippen LogP contribution >= 0.6 is 0 Å². The molecule has 2 rings (SSSR count). The summed E-state index contributed by atoms with van der Waals surface area (Å²) in [6, 6.07) is 11.7. The largest absolute Gasteiger partial charge is 0.374 e. The van der Waals surface area contributed by atoms with E-state index in [-0.39, 0.29) is 6.61 Å². The maximum absolute atomic E-state index is 11.8. The Hall–Kier alpha value is -1.79. The van der Waals surface area contributed by atoms with Crippen LogP contribution in [0.5, 0.6) is 0 Å². The van der Waals surface area contributed by atoms with Crippen molar-refractivity contribution >= 4 is 0 Å². The molecule has 1 aromatic carbocycles. The van der Waals surface area contributed by atoms with Crippen LogP contribution in [-0.2, 0) is 11.3 Å². The molecule has 1 aromatic heterocycles. The molecule has 0 aliphatic heterocycles. The predicted octanol–water partition coefficient (Wildman–Crippen LogP) is 2.24. The lowest BCUT2D eigenvalue weighted by Crippen LogP contribution is -2.21. The summed E-state index contributed by atoms with van der Waals surface area (Å²) in [4.78, 5) is 0. The predicted molar refractivity (Wildman–Crippen MR) is 72.1 cm³/mol. The van der Waals surface area contributed by atoms with Gasteiger partial charge in [-0.25, -0.2) is 13.5 Å². The third kappa shape index (κ3) is 4.71. The van der Waals surface area contributed by atoms with Gasteiger partial charge >= 0.3 is 0 Å². The number of para-hydroxylation sites is 1. The summed E-state index contributed by atoms with van der Waals surface area (Å²) in [6.07, 6.45) is -0.517. The van der Waals surface area contributed by atoms with Gasteiger partial charge in [-0.2, -0.15) is 5.10 Å². The molecule has 1 heterocycles. The van der Waals surface area contributed by atoms with Crippen LogP contribution in [-0.4, -0.2) is 36.0 Å². The molecule has 0 aliphatic carbocycles. The van der Waals surface area contributed by atoms with Crippen molar-refractivity contribution in [3.63, 3.8) is 0 Å². The minimum atomic E-state index is -2.41. The third-order valence-electron chi connectivity index (χ3n) is 2.64. The molecule has 0 fully saturated rings. The molecule has 2 aromatic rings. The molecule has 0 radical (unpaired) electrons. The molecule has 0 unspecified atom stereocenters. The van der Waals surface area contributed by atoms with E-state index in [1.165, 1.54) is 0 Å². The molecule has 0 saturated heterocycles. The lowest BCUT2D eigenvalue weighted by molar-refractivity contribution is 0.0187. The van der Waals surface area contributed by atoms with Gasteiger partial charge in [-0.15, -0.1) is 0 Å². The number of halogens is 2. The molecular weight excluding hydrogens is 264 g/mol. The smallest absolute Gasteiger partial charge is 0.261 e. The highest BCUT2D eigenvalue weighted by molar-refractivity contribution is 5.30. The number of benzene rings is 1. The molecular formula is C14H17F2N3O. The molecule has 108 valence electrons. The summed E-state index contributed by atoms with van der Waals surface area (Å²) in [5.74, 6) is 0. The lowest BCUT2D eigenvalue weighted by atomic mass is 10.3. The maximum Gasteiger partial charge on any atom is 0.261 e. The molecule has 1 N–H and O–H groups in total. The van der Waals surface area contributed by atoms with E-state index in [0.29, 0.717) is 13.1 Å². The average Bonchev–Trinajstić information content (AvgIpc) is 2.92. The van der Waals surface area contributed by atoms with Gasteiger partial charge in [0.25, 0.3) is 6.43 Å². The normalized spacial score (nSPS) is 11.2. The summed E-state index contributed by atoms with van der Waals surface area (Å²) < 4.78 is 30.2. The fraction of sp³-hybridized carbons (Fsp3) is 0.357. The van der Waals surface area contributed by atoms with Gasteiger partial charge in [0.1, 0.15) is 6.61 Å². The van der Waals surface area contributed by atoms with Crippen molar-refractivity contribution in [2.24, 2.45) is 0 Å². The minimum absolute atomic E-state index is 0.268. The molecule has 0 atom stereocenters. The second kappa shape index (κ2) is 7.72. The first-order chi connectivity index (χ1) is 9.75. The quantitative estimate of drug-likeness (QED) is 0.754. The summed E-state index contributed by atoms with van der Waals surface area (Å²) in [5.41, 5.74) is 1.89. The topological polar surface area (TPSA) is 39.1 Å². The van der Waals surface area contributed by atoms with Gasteiger partial charge in [-0.3, -0.25) is 0 Å². The van der Waals surface area contributed by atoms with E-state index in [4.69, 9.17) is 4.74 Å². The lowest BCUT2D eigenvalue weighted by Gasteiger charge is -2.04. The van der Waals surface area contributed by atoms with Gasteiger partial charge in [-0.1, -0.05) is 18.2 Å². The highest BCUT2D eigenvalue weighted by atomic mass is 19.3. The number of nitrogens with one attached hydrogen (secondary N) is 1. The van der Waals surface area contributed by atoms with E-state index in [0.717, 1.165) is 11.4 Å². The van der Waals surface area contributed by atoms with Crippen molar-refractivity contribution < 1.29 is 13.5 Å². The fourth-order valence-electron chi connectivity index (χ4n) is 1.71. The zero-order valence-electron chi connectivity index (χ0n) is 11.0. The van der Waals surface area contributed by atoms with E-state index in [1.807, 2.05) is 42.6 Å². The molecule has 0 saturated carbocycles. The first kappa shape index (κ1) is 14.6. The number of alkyl halides is 2. The Kier molecular flexibility index (Phi) is 5.64. The monoisotopic (exact) mass is 281 g/mol. The van der Waals surface area contributed by atoms with E-state index in [2.05, 4.69) is 10.4 Å². The van der Waals surface area contributed by atoms with E-state index in [1.54, 1.807) is 4.68 Å². The van der Waals surface area contributed by atoms with Crippen LogP contribution in [0.2, 0.25) is 0 Å². The summed E-state index contributed by atoms with van der Waals surface area (Å²) >= 11 is 0. The number of nitrogens with zero attached hydrogens (tertiary/aromatic N) is 2. The fourth-order valence-corrected chi connectivity index (χ4v) is 1.71. The molecule has 20 heavy (non-hydrogen) atoms. The zero-order chi connectivity index (χ0) is 14.2. The first-order valence-electron chi connectivity index (χ1n) is 6.42. The molecule has 0 amide bonds. The average molecular weight is 281 g/mol. The number of aromatic nitrogens is 2. The van der Waals surface area contributed by atoms with Crippen molar-refractivity contribution in [1.29, 1.82) is 0 Å². The van der Waals surface area contributed by atoms with Gasteiger partial charge in [-0.05, 0) is 18.2 Å². The third-order valence-corrected chi connectivity index (χ3v) is 2.64. The number of hydrogen-bond donors (Lipinski definition) is 1. The van der Waals surface area contributed by atoms with Gasteiger partial charge in [0.15, 0.2) is 0 Å². The highest BCUT2D eigenvalue weighted by Gasteiger charge is 2.02. The van der Waals surface area contributed by atoms with Crippen LogP contribution in [0.15, 0.2) is 42.6 Å². The Bertz CT molecular complexity index is 502. The van der Waals surface area contributed by atoms with E-state index >= 15 is 0 Å². The molecule has 4 nitrogen and oxygen atoms in total. The van der Waals surface area contributed by atoms with Crippen molar-refractivity contribution in [2.45, 2.75) is 13.0 Å². The van der Waals surface area contributed by atoms with Crippen LogP contribution in [0.4, 0.5) is 8.78 Å². The number of ether oxygens (including phenoxy) is 1. The Morgan fingerprint density at radius 3 is 2.75 bits per heavy atom. The summed E-state index contributed by atoms with van der Waals surface area (Å²) in [5, 5.41) is 7.51. The summed E-state index contributed by atoms with van der Waals surface area (Å²) in [6.45, 7) is 0.858. The van der Waals surface area contributed by atoms with Crippen LogP contribution in [0.1, 0.15) is 5.69 Å². The van der Waals surface area contributed by atoms with E-state index in [9.17, 15) is 8.78 Å². The first-order valence-corrected chi connectivity index (χ1v) is 6.42. The summed E-state index contributed by atoms with van der Waals surface area (Å²) in [7, 11) is 0. The standard InChI is InChI=1S/C14H17F2N3O/c15-14(16)11-20-9-7-17-10-12-6-8-19(18-12)13-4-2-1-3-5-13/h1-6,8,14,17H,7,9-11H2. The van der Waals surface area contributed by atoms with Crippen molar-refractivity contribution in [1.82, 2.24) is 15.1 Å². The number of rotatable bonds is 8. The zero-order valence-corrected chi connectivity index (χ0v) is 11.0. The van der Waals surface area contributed by atoms with Gasteiger partial charge in [0.2, 0.25) is 0 Å². The van der Waals surface area contributed by atoms with E-state index < -0.39 is 13.0 Å². The Balaban J connectivity index is 1.71. The number of hydrogen-bond acceptors (Lipinski definition) is 3. The van der Waals surface area contributed by atoms with Crippen LogP contribution < -0.4 is 5.32 Å². The van der Waals surface area contributed by atoms with Crippen LogP contribution in [0.25, 0.3) is 5.69 Å². The van der Waals surface area contributed by atoms with Crippen LogP contribution in [0.3, 0.4) is 0 Å². The Morgan fingerprint density at radius 2 is 2.00 bits per heavy atom. The van der Waals surface area contributed by atoms with Gasteiger partial charge in [0, 0.05) is 19.3 Å². The second-order valence-corrected chi connectivity index (χ2v) is 4.23. The highest BCUT2D eigenvalue weighted by Crippen LogP contribution is 2.06. The molecule has 0 spiro atoms. The molecule has 6 heteroatoms. The maximum atomic E-state index is 11.8. The minimum Gasteiger partial charge on any atom is -0.374 e. The molecule has 0 aliphatic rings. The SMILES string of the molecule is FC(F)COCCNCc1ccn(-c2ccccc2)n1. The molecule has 0 bridgehead atoms.